The predicted molar refractivity (Wildman–Crippen MR) is 90.0 cm³/mol. The minimum absolute atomic E-state index is 0.205. The molecule has 2 aromatic carbocycles. The molecule has 1 saturated carbocycles. The van der Waals surface area contributed by atoms with Crippen molar-refractivity contribution in [3.05, 3.63) is 71.3 Å². The van der Waals surface area contributed by atoms with E-state index in [0.29, 0.717) is 11.3 Å². The molecule has 0 saturated heterocycles. The van der Waals surface area contributed by atoms with Crippen molar-refractivity contribution in [3.8, 4) is 5.75 Å². The number of benzene rings is 2. The van der Waals surface area contributed by atoms with Crippen molar-refractivity contribution in [2.24, 2.45) is 0 Å². The second kappa shape index (κ2) is 7.14. The van der Waals surface area contributed by atoms with Gasteiger partial charge in [-0.1, -0.05) is 24.6 Å². The average Bonchev–Trinajstić information content (AvgIpc) is 2.62. The van der Waals surface area contributed by atoms with Crippen LogP contribution in [0, 0.1) is 0 Å². The van der Waals surface area contributed by atoms with Crippen LogP contribution in [-0.4, -0.2) is 11.1 Å². The van der Waals surface area contributed by atoms with Crippen LogP contribution in [0.5, 0.6) is 5.75 Å². The molecule has 0 aromatic heterocycles. The summed E-state index contributed by atoms with van der Waals surface area (Å²) in [6, 6.07) is 15.9. The molecule has 1 aliphatic rings. The zero-order valence-electron chi connectivity index (χ0n) is 13.0. The highest BCUT2D eigenvalue weighted by atomic mass is 16.5. The summed E-state index contributed by atoms with van der Waals surface area (Å²) in [5.41, 5.74) is 2.57. The first kappa shape index (κ1) is 15.3. The van der Waals surface area contributed by atoms with Gasteiger partial charge in [-0.25, -0.2) is 4.79 Å². The molecule has 0 heterocycles. The van der Waals surface area contributed by atoms with Crippen molar-refractivity contribution in [2.75, 3.05) is 0 Å². The third-order valence-corrected chi connectivity index (χ3v) is 4.11. The maximum absolute atomic E-state index is 12.4. The van der Waals surface area contributed by atoms with Gasteiger partial charge in [0.15, 0.2) is 0 Å². The standard InChI is InChI=1S/C20H20O3/c21-18-13-11-16(12-14-18)19(15-7-3-1-4-8-15)23-20(22)17-9-5-2-6-10-17/h2,5-6,9-14,21H,1,3-4,7-8H2. The summed E-state index contributed by atoms with van der Waals surface area (Å²) in [6.45, 7) is 0. The van der Waals surface area contributed by atoms with Crippen molar-refractivity contribution in [1.29, 1.82) is 0 Å². The molecule has 1 fully saturated rings. The molecule has 0 aliphatic heterocycles. The highest BCUT2D eigenvalue weighted by molar-refractivity contribution is 5.93. The van der Waals surface area contributed by atoms with Crippen LogP contribution in [0.2, 0.25) is 0 Å². The van der Waals surface area contributed by atoms with Crippen LogP contribution in [0.25, 0.3) is 5.76 Å². The fraction of sp³-hybridized carbons (Fsp3) is 0.250. The maximum Gasteiger partial charge on any atom is 0.343 e. The smallest absolute Gasteiger partial charge is 0.343 e. The summed E-state index contributed by atoms with van der Waals surface area (Å²) in [7, 11) is 0. The van der Waals surface area contributed by atoms with Gasteiger partial charge in [0, 0.05) is 5.56 Å². The molecule has 3 rings (SSSR count). The zero-order chi connectivity index (χ0) is 16.1. The van der Waals surface area contributed by atoms with Gasteiger partial charge in [-0.05, 0) is 67.7 Å². The van der Waals surface area contributed by atoms with Gasteiger partial charge in [0.2, 0.25) is 0 Å². The zero-order valence-corrected chi connectivity index (χ0v) is 13.0. The molecule has 3 heteroatoms. The molecular weight excluding hydrogens is 288 g/mol. The van der Waals surface area contributed by atoms with Crippen LogP contribution in [0.4, 0.5) is 0 Å². The number of phenolic OH excluding ortho intramolecular Hbond substituents is 1. The fourth-order valence-corrected chi connectivity index (χ4v) is 2.88. The molecule has 23 heavy (non-hydrogen) atoms. The highest BCUT2D eigenvalue weighted by Gasteiger charge is 2.18. The van der Waals surface area contributed by atoms with E-state index < -0.39 is 0 Å². The molecule has 0 unspecified atom stereocenters. The monoisotopic (exact) mass is 308 g/mol. The fourth-order valence-electron chi connectivity index (χ4n) is 2.88. The van der Waals surface area contributed by atoms with E-state index in [2.05, 4.69) is 0 Å². The molecule has 1 N–H and O–H groups in total. The Kier molecular flexibility index (Phi) is 4.77. The Bertz CT molecular complexity index is 691. The lowest BCUT2D eigenvalue weighted by Crippen LogP contribution is -2.08. The number of carbonyl (C=O) groups excluding carboxylic acids is 1. The normalized spacial score (nSPS) is 14.3. The Morgan fingerprint density at radius 2 is 1.48 bits per heavy atom. The van der Waals surface area contributed by atoms with E-state index in [-0.39, 0.29) is 11.7 Å². The molecule has 0 bridgehead atoms. The third-order valence-electron chi connectivity index (χ3n) is 4.11. The first-order chi connectivity index (χ1) is 11.2. The van der Waals surface area contributed by atoms with Gasteiger partial charge in [0.25, 0.3) is 0 Å². The summed E-state index contributed by atoms with van der Waals surface area (Å²) in [4.78, 5) is 12.4. The van der Waals surface area contributed by atoms with E-state index in [9.17, 15) is 9.90 Å². The van der Waals surface area contributed by atoms with Crippen molar-refractivity contribution in [3.63, 3.8) is 0 Å². The molecule has 1 aliphatic carbocycles. The summed E-state index contributed by atoms with van der Waals surface area (Å²) < 4.78 is 5.76. The van der Waals surface area contributed by atoms with Crippen molar-refractivity contribution in [2.45, 2.75) is 32.1 Å². The Hall–Kier alpha value is -2.55. The van der Waals surface area contributed by atoms with Gasteiger partial charge in [0.05, 0.1) is 5.56 Å². The third kappa shape index (κ3) is 3.81. The summed E-state index contributed by atoms with van der Waals surface area (Å²) >= 11 is 0. The Morgan fingerprint density at radius 3 is 2.13 bits per heavy atom. The van der Waals surface area contributed by atoms with E-state index in [1.165, 1.54) is 12.0 Å². The number of carbonyl (C=O) groups is 1. The number of hydrogen-bond acceptors (Lipinski definition) is 3. The SMILES string of the molecule is O=C(OC(=C1CCCCC1)c1ccc(O)cc1)c1ccccc1. The Balaban J connectivity index is 1.92. The van der Waals surface area contributed by atoms with Gasteiger partial charge in [-0.15, -0.1) is 0 Å². The molecule has 2 aromatic rings. The molecule has 0 amide bonds. The molecule has 0 spiro atoms. The molecule has 0 atom stereocenters. The molecular formula is C20H20O3. The van der Waals surface area contributed by atoms with Crippen molar-refractivity contribution in [1.82, 2.24) is 0 Å². The van der Waals surface area contributed by atoms with E-state index in [0.717, 1.165) is 31.2 Å². The van der Waals surface area contributed by atoms with Gasteiger partial charge < -0.3 is 9.84 Å². The second-order valence-electron chi connectivity index (χ2n) is 5.80. The molecule has 118 valence electrons. The van der Waals surface area contributed by atoms with Crippen LogP contribution in [0.1, 0.15) is 48.0 Å². The van der Waals surface area contributed by atoms with E-state index in [1.54, 1.807) is 36.4 Å². The lowest BCUT2D eigenvalue weighted by molar-refractivity contribution is 0.0689. The van der Waals surface area contributed by atoms with Crippen molar-refractivity contribution < 1.29 is 14.6 Å². The first-order valence-corrected chi connectivity index (χ1v) is 8.03. The summed E-state index contributed by atoms with van der Waals surface area (Å²) in [5.74, 6) is 0.515. The second-order valence-corrected chi connectivity index (χ2v) is 5.80. The van der Waals surface area contributed by atoms with Crippen LogP contribution in [-0.2, 0) is 4.74 Å². The summed E-state index contributed by atoms with van der Waals surface area (Å²) in [5, 5.41) is 9.48. The first-order valence-electron chi connectivity index (χ1n) is 8.03. The van der Waals surface area contributed by atoms with Gasteiger partial charge in [-0.3, -0.25) is 0 Å². The van der Waals surface area contributed by atoms with E-state index in [1.807, 2.05) is 18.2 Å². The lowest BCUT2D eigenvalue weighted by atomic mass is 9.92. The summed E-state index contributed by atoms with van der Waals surface area (Å²) in [6.07, 6.45) is 5.38. The Morgan fingerprint density at radius 1 is 0.826 bits per heavy atom. The largest absolute Gasteiger partial charge is 0.508 e. The number of phenols is 1. The quantitative estimate of drug-likeness (QED) is 0.646. The molecule has 3 nitrogen and oxygen atoms in total. The number of allylic oxidation sites excluding steroid dienone is 1. The number of rotatable bonds is 3. The number of esters is 1. The van der Waals surface area contributed by atoms with Crippen LogP contribution < -0.4 is 0 Å². The topological polar surface area (TPSA) is 46.5 Å². The Labute approximate surface area is 136 Å². The van der Waals surface area contributed by atoms with Gasteiger partial charge in [-0.2, -0.15) is 0 Å². The van der Waals surface area contributed by atoms with Crippen molar-refractivity contribution >= 4 is 11.7 Å². The van der Waals surface area contributed by atoms with Crippen LogP contribution >= 0.6 is 0 Å². The van der Waals surface area contributed by atoms with Gasteiger partial charge >= 0.3 is 5.97 Å². The maximum atomic E-state index is 12.4. The average molecular weight is 308 g/mol. The highest BCUT2D eigenvalue weighted by Crippen LogP contribution is 2.32. The van der Waals surface area contributed by atoms with E-state index >= 15 is 0 Å². The minimum Gasteiger partial charge on any atom is -0.508 e. The number of aromatic hydroxyl groups is 1. The number of hydrogen-bond donors (Lipinski definition) is 1. The predicted octanol–water partition coefficient (Wildman–Crippen LogP) is 4.92. The van der Waals surface area contributed by atoms with Gasteiger partial charge in [0.1, 0.15) is 11.5 Å². The molecule has 0 radical (unpaired) electrons. The lowest BCUT2D eigenvalue weighted by Gasteiger charge is -2.19. The minimum atomic E-state index is -0.341. The number of ether oxygens (including phenoxy) is 1. The van der Waals surface area contributed by atoms with E-state index in [4.69, 9.17) is 4.74 Å². The van der Waals surface area contributed by atoms with Crippen LogP contribution in [0.3, 0.4) is 0 Å². The van der Waals surface area contributed by atoms with Crippen LogP contribution in [0.15, 0.2) is 60.2 Å².